The summed E-state index contributed by atoms with van der Waals surface area (Å²) in [6, 6.07) is 7.49. The molecule has 0 spiro atoms. The van der Waals surface area contributed by atoms with Gasteiger partial charge in [-0.1, -0.05) is 0 Å². The summed E-state index contributed by atoms with van der Waals surface area (Å²) in [7, 11) is 0. The predicted octanol–water partition coefficient (Wildman–Crippen LogP) is 2.84. The van der Waals surface area contributed by atoms with Crippen molar-refractivity contribution in [1.82, 2.24) is 0 Å². The summed E-state index contributed by atoms with van der Waals surface area (Å²) in [6.07, 6.45) is 0.0750. The molecular weight excluding hydrogens is 230 g/mol. The molecule has 0 atom stereocenters. The molecule has 4 heteroatoms. The lowest BCUT2D eigenvalue weighted by molar-refractivity contribution is -0.145. The molecule has 0 aliphatic carbocycles. The molecule has 1 N–H and O–H groups in total. The van der Waals surface area contributed by atoms with Gasteiger partial charge in [0.2, 0.25) is 0 Å². The molecule has 1 aromatic carbocycles. The van der Waals surface area contributed by atoms with E-state index >= 15 is 0 Å². The molecule has 18 heavy (non-hydrogen) atoms. The van der Waals surface area contributed by atoms with Gasteiger partial charge in [0.25, 0.3) is 0 Å². The molecule has 4 nitrogen and oxygen atoms in total. The minimum atomic E-state index is -0.257. The molecule has 0 saturated carbocycles. The van der Waals surface area contributed by atoms with Crippen molar-refractivity contribution in [3.63, 3.8) is 0 Å². The van der Waals surface area contributed by atoms with Crippen molar-refractivity contribution in [2.45, 2.75) is 39.9 Å². The van der Waals surface area contributed by atoms with Crippen LogP contribution < -0.4 is 10.1 Å². The normalized spacial score (nSPS) is 10.6. The first-order chi connectivity index (χ1) is 8.47. The Hall–Kier alpha value is -1.71. The van der Waals surface area contributed by atoms with E-state index in [1.165, 1.54) is 0 Å². The smallest absolute Gasteiger partial charge is 0.325 e. The third-order valence-corrected chi connectivity index (χ3v) is 2.03. The third kappa shape index (κ3) is 5.57. The van der Waals surface area contributed by atoms with Gasteiger partial charge >= 0.3 is 5.97 Å². The Morgan fingerprint density at radius 3 is 2.22 bits per heavy atom. The van der Waals surface area contributed by atoms with Crippen LogP contribution in [0.4, 0.5) is 5.69 Å². The molecule has 0 aromatic heterocycles. The van der Waals surface area contributed by atoms with E-state index in [4.69, 9.17) is 9.47 Å². The van der Waals surface area contributed by atoms with Gasteiger partial charge < -0.3 is 14.8 Å². The molecule has 1 aromatic rings. The van der Waals surface area contributed by atoms with Gasteiger partial charge in [-0.25, -0.2) is 0 Å². The molecule has 1 rings (SSSR count). The van der Waals surface area contributed by atoms with Crippen LogP contribution in [-0.2, 0) is 9.53 Å². The van der Waals surface area contributed by atoms with E-state index in [1.54, 1.807) is 0 Å². The summed E-state index contributed by atoms with van der Waals surface area (Å²) in [6.45, 7) is 7.79. The van der Waals surface area contributed by atoms with Crippen LogP contribution in [0.2, 0.25) is 0 Å². The van der Waals surface area contributed by atoms with Gasteiger partial charge in [-0.3, -0.25) is 4.79 Å². The lowest BCUT2D eigenvalue weighted by Crippen LogP contribution is -2.20. The number of anilines is 1. The number of carbonyl (C=O) groups is 1. The Morgan fingerprint density at radius 1 is 1.11 bits per heavy atom. The van der Waals surface area contributed by atoms with Crippen LogP contribution in [0.15, 0.2) is 24.3 Å². The second-order valence-corrected chi connectivity index (χ2v) is 4.58. The van der Waals surface area contributed by atoms with Crippen LogP contribution in [0.1, 0.15) is 27.7 Å². The van der Waals surface area contributed by atoms with Crippen molar-refractivity contribution in [3.8, 4) is 5.75 Å². The fraction of sp³-hybridized carbons (Fsp3) is 0.500. The summed E-state index contributed by atoms with van der Waals surface area (Å²) >= 11 is 0. The number of carbonyl (C=O) groups excluding carboxylic acids is 1. The highest BCUT2D eigenvalue weighted by atomic mass is 16.5. The van der Waals surface area contributed by atoms with E-state index in [1.807, 2.05) is 52.0 Å². The van der Waals surface area contributed by atoms with Gasteiger partial charge in [0.05, 0.1) is 12.2 Å². The van der Waals surface area contributed by atoms with E-state index in [-0.39, 0.29) is 24.7 Å². The number of esters is 1. The van der Waals surface area contributed by atoms with Crippen molar-refractivity contribution < 1.29 is 14.3 Å². The molecule has 0 fully saturated rings. The Balaban J connectivity index is 2.41. The number of nitrogens with one attached hydrogen (secondary N) is 1. The van der Waals surface area contributed by atoms with Crippen molar-refractivity contribution in [2.75, 3.05) is 11.9 Å². The topological polar surface area (TPSA) is 47.6 Å². The molecule has 0 amide bonds. The van der Waals surface area contributed by atoms with Crippen LogP contribution in [0.5, 0.6) is 5.75 Å². The SMILES string of the molecule is CC(C)OC(=O)CNc1ccc(OC(C)C)cc1. The maximum Gasteiger partial charge on any atom is 0.325 e. The molecule has 0 radical (unpaired) electrons. The molecule has 0 aliphatic rings. The molecule has 0 heterocycles. The Bertz CT molecular complexity index is 371. The van der Waals surface area contributed by atoms with E-state index in [0.29, 0.717) is 0 Å². The minimum Gasteiger partial charge on any atom is -0.491 e. The van der Waals surface area contributed by atoms with E-state index in [0.717, 1.165) is 11.4 Å². The predicted molar refractivity (Wildman–Crippen MR) is 71.9 cm³/mol. The van der Waals surface area contributed by atoms with Crippen molar-refractivity contribution >= 4 is 11.7 Å². The van der Waals surface area contributed by atoms with Crippen molar-refractivity contribution in [1.29, 1.82) is 0 Å². The largest absolute Gasteiger partial charge is 0.491 e. The summed E-state index contributed by atoms with van der Waals surface area (Å²) in [5.74, 6) is 0.563. The van der Waals surface area contributed by atoms with Crippen molar-refractivity contribution in [3.05, 3.63) is 24.3 Å². The van der Waals surface area contributed by atoms with Crippen LogP contribution in [0.25, 0.3) is 0 Å². The van der Waals surface area contributed by atoms with Crippen LogP contribution in [-0.4, -0.2) is 24.7 Å². The average Bonchev–Trinajstić information content (AvgIpc) is 2.26. The second kappa shape index (κ2) is 6.89. The Labute approximate surface area is 108 Å². The number of hydrogen-bond donors (Lipinski definition) is 1. The Morgan fingerprint density at radius 2 is 1.72 bits per heavy atom. The zero-order chi connectivity index (χ0) is 13.5. The molecule has 100 valence electrons. The van der Waals surface area contributed by atoms with Crippen LogP contribution >= 0.6 is 0 Å². The lowest BCUT2D eigenvalue weighted by Gasteiger charge is -2.11. The molecule has 0 saturated heterocycles. The minimum absolute atomic E-state index is 0.0823. The lowest BCUT2D eigenvalue weighted by atomic mass is 10.3. The summed E-state index contributed by atoms with van der Waals surface area (Å²) in [4.78, 5) is 11.3. The summed E-state index contributed by atoms with van der Waals surface area (Å²) in [5, 5.41) is 3.00. The molecule has 0 unspecified atom stereocenters. The Kier molecular flexibility index (Phi) is 5.49. The maximum absolute atomic E-state index is 11.3. The van der Waals surface area contributed by atoms with Crippen LogP contribution in [0.3, 0.4) is 0 Å². The van der Waals surface area contributed by atoms with E-state index < -0.39 is 0 Å². The highest BCUT2D eigenvalue weighted by Gasteiger charge is 2.05. The van der Waals surface area contributed by atoms with Gasteiger partial charge in [0.1, 0.15) is 12.3 Å². The fourth-order valence-electron chi connectivity index (χ4n) is 1.40. The summed E-state index contributed by atoms with van der Waals surface area (Å²) < 4.78 is 10.6. The second-order valence-electron chi connectivity index (χ2n) is 4.58. The highest BCUT2D eigenvalue weighted by molar-refractivity contribution is 5.75. The van der Waals surface area contributed by atoms with E-state index in [2.05, 4.69) is 5.32 Å². The maximum atomic E-state index is 11.3. The third-order valence-electron chi connectivity index (χ3n) is 2.03. The van der Waals surface area contributed by atoms with Gasteiger partial charge in [0, 0.05) is 5.69 Å². The quantitative estimate of drug-likeness (QED) is 0.790. The number of hydrogen-bond acceptors (Lipinski definition) is 4. The van der Waals surface area contributed by atoms with Crippen LogP contribution in [0, 0.1) is 0 Å². The zero-order valence-electron chi connectivity index (χ0n) is 11.4. The zero-order valence-corrected chi connectivity index (χ0v) is 11.4. The first-order valence-electron chi connectivity index (χ1n) is 6.17. The number of rotatable bonds is 6. The van der Waals surface area contributed by atoms with Crippen molar-refractivity contribution in [2.24, 2.45) is 0 Å². The monoisotopic (exact) mass is 251 g/mol. The standard InChI is InChI=1S/C14H21NO3/c1-10(2)17-13-7-5-12(6-8-13)15-9-14(16)18-11(3)4/h5-8,10-11,15H,9H2,1-4H3. The number of benzene rings is 1. The van der Waals surface area contributed by atoms with E-state index in [9.17, 15) is 4.79 Å². The molecule has 0 bridgehead atoms. The van der Waals surface area contributed by atoms with Gasteiger partial charge in [-0.15, -0.1) is 0 Å². The fourth-order valence-corrected chi connectivity index (χ4v) is 1.40. The molecular formula is C14H21NO3. The van der Waals surface area contributed by atoms with Gasteiger partial charge in [0.15, 0.2) is 0 Å². The summed E-state index contributed by atoms with van der Waals surface area (Å²) in [5.41, 5.74) is 0.867. The first-order valence-corrected chi connectivity index (χ1v) is 6.17. The first kappa shape index (κ1) is 14.4. The average molecular weight is 251 g/mol. The highest BCUT2D eigenvalue weighted by Crippen LogP contribution is 2.16. The molecule has 0 aliphatic heterocycles. The van der Waals surface area contributed by atoms with Gasteiger partial charge in [-0.05, 0) is 52.0 Å². The van der Waals surface area contributed by atoms with Gasteiger partial charge in [-0.2, -0.15) is 0 Å². The number of ether oxygens (including phenoxy) is 2.